The van der Waals surface area contributed by atoms with E-state index in [1.54, 1.807) is 24.3 Å². The number of rotatable bonds is 18. The zero-order valence-electron chi connectivity index (χ0n) is 23.7. The number of esters is 3. The molecule has 0 amide bonds. The molecule has 0 spiro atoms. The van der Waals surface area contributed by atoms with Crippen molar-refractivity contribution in [3.63, 3.8) is 0 Å². The number of carbonyl (C=O) groups excluding carboxylic acids is 3. The van der Waals surface area contributed by atoms with Crippen LogP contribution in [0.3, 0.4) is 0 Å². The highest BCUT2D eigenvalue weighted by molar-refractivity contribution is 5.66. The number of carbonyl (C=O) groups is 3. The van der Waals surface area contributed by atoms with Crippen LogP contribution >= 0.6 is 0 Å². The maximum absolute atomic E-state index is 10.4. The molecule has 10 nitrogen and oxygen atoms in total. The Morgan fingerprint density at radius 2 is 0.865 bits per heavy atom. The van der Waals surface area contributed by atoms with Gasteiger partial charge < -0.3 is 33.2 Å². The average molecular weight is 533 g/mol. The molecular weight excluding hydrogens is 484 g/mol. The molecule has 0 aliphatic rings. The van der Waals surface area contributed by atoms with Crippen LogP contribution < -0.4 is 0 Å². The largest absolute Gasteiger partial charge is 0.462 e. The van der Waals surface area contributed by atoms with E-state index < -0.39 is 0 Å². The van der Waals surface area contributed by atoms with Gasteiger partial charge in [0.25, 0.3) is 0 Å². The van der Waals surface area contributed by atoms with Crippen molar-refractivity contribution in [2.45, 2.75) is 73.9 Å². The molecule has 0 bridgehead atoms. The first-order chi connectivity index (χ1) is 17.7. The molecule has 0 saturated heterocycles. The molecule has 0 atom stereocenters. The lowest BCUT2D eigenvalue weighted by molar-refractivity contribution is -0.141. The molecule has 0 rings (SSSR count). The normalized spacial score (nSPS) is 10.5. The van der Waals surface area contributed by atoms with Crippen LogP contribution in [0.15, 0.2) is 37.0 Å². The van der Waals surface area contributed by atoms with E-state index in [-0.39, 0.29) is 43.7 Å². The fourth-order valence-corrected chi connectivity index (χ4v) is 2.16. The van der Waals surface area contributed by atoms with Crippen LogP contribution in [-0.2, 0) is 47.5 Å². The minimum absolute atomic E-state index is 0.0903. The lowest BCUT2D eigenvalue weighted by Crippen LogP contribution is -2.16. The summed E-state index contributed by atoms with van der Waals surface area (Å²) in [7, 11) is 0. The van der Waals surface area contributed by atoms with E-state index >= 15 is 0 Å². The van der Waals surface area contributed by atoms with Crippen molar-refractivity contribution in [3.05, 3.63) is 37.0 Å². The Morgan fingerprint density at radius 3 is 1.14 bits per heavy atom. The van der Waals surface area contributed by atoms with Crippen LogP contribution in [0.4, 0.5) is 0 Å². The van der Waals surface area contributed by atoms with E-state index in [0.29, 0.717) is 39.5 Å². The van der Waals surface area contributed by atoms with Crippen LogP contribution in [0.5, 0.6) is 0 Å². The molecule has 0 saturated carbocycles. The van der Waals surface area contributed by atoms with Gasteiger partial charge in [0, 0.05) is 60.0 Å². The first-order valence-electron chi connectivity index (χ1n) is 12.4. The molecule has 0 radical (unpaired) electrons. The van der Waals surface area contributed by atoms with Crippen molar-refractivity contribution in [2.24, 2.45) is 0 Å². The smallest absolute Gasteiger partial charge is 0.302 e. The van der Waals surface area contributed by atoms with Gasteiger partial charge in [0.05, 0.1) is 0 Å². The van der Waals surface area contributed by atoms with Gasteiger partial charge in [-0.2, -0.15) is 0 Å². The second kappa shape index (κ2) is 31.5. The Balaban J connectivity index is -0.000000479. The molecule has 0 aliphatic carbocycles. The van der Waals surface area contributed by atoms with Crippen molar-refractivity contribution in [1.29, 1.82) is 0 Å². The Hall–Kier alpha value is -2.53. The third kappa shape index (κ3) is 38.2. The van der Waals surface area contributed by atoms with Gasteiger partial charge in [-0.1, -0.05) is 18.2 Å². The molecule has 0 aliphatic heterocycles. The second-order valence-electron chi connectivity index (χ2n) is 6.79. The van der Waals surface area contributed by atoms with Gasteiger partial charge in [-0.15, -0.1) is 6.58 Å². The van der Waals surface area contributed by atoms with Crippen molar-refractivity contribution in [2.75, 3.05) is 46.2 Å². The van der Waals surface area contributed by atoms with Gasteiger partial charge in [0.1, 0.15) is 19.8 Å². The summed E-state index contributed by atoms with van der Waals surface area (Å²) in [6.45, 7) is 18.8. The van der Waals surface area contributed by atoms with Crippen LogP contribution in [-0.4, -0.2) is 76.7 Å². The van der Waals surface area contributed by atoms with Gasteiger partial charge in [0.15, 0.2) is 12.6 Å². The minimum Gasteiger partial charge on any atom is -0.462 e. The van der Waals surface area contributed by atoms with E-state index in [4.69, 9.17) is 23.7 Å². The van der Waals surface area contributed by atoms with E-state index in [1.165, 1.54) is 20.8 Å². The number of hydrogen-bond donors (Lipinski definition) is 0. The maximum atomic E-state index is 10.4. The van der Waals surface area contributed by atoms with Gasteiger partial charge in [0.2, 0.25) is 0 Å². The maximum Gasteiger partial charge on any atom is 0.302 e. The monoisotopic (exact) mass is 532 g/mol. The molecule has 216 valence electrons. The summed E-state index contributed by atoms with van der Waals surface area (Å²) in [4.78, 5) is 30.9. The molecule has 0 N–H and O–H groups in total. The first-order valence-corrected chi connectivity index (χ1v) is 12.4. The molecule has 10 heteroatoms. The molecule has 37 heavy (non-hydrogen) atoms. The third-order valence-electron chi connectivity index (χ3n) is 3.58. The highest BCUT2D eigenvalue weighted by Crippen LogP contribution is 2.02. The van der Waals surface area contributed by atoms with Crippen molar-refractivity contribution >= 4 is 17.9 Å². The van der Waals surface area contributed by atoms with Crippen LogP contribution in [0.2, 0.25) is 0 Å². The lowest BCUT2D eigenvalue weighted by Gasteiger charge is -2.14. The highest BCUT2D eigenvalue weighted by atomic mass is 16.7. The Kier molecular flexibility index (Phi) is 33.2. The number of hydrogen-bond acceptors (Lipinski definition) is 10. The molecule has 0 heterocycles. The second-order valence-corrected chi connectivity index (χ2v) is 6.79. The Bertz CT molecular complexity index is 584. The summed E-state index contributed by atoms with van der Waals surface area (Å²) in [6, 6.07) is 0. The summed E-state index contributed by atoms with van der Waals surface area (Å²) in [6.07, 6.45) is 9.85. The van der Waals surface area contributed by atoms with Crippen molar-refractivity contribution in [1.82, 2.24) is 0 Å². The molecular formula is C27H48O10. The van der Waals surface area contributed by atoms with Crippen molar-refractivity contribution < 1.29 is 47.5 Å². The van der Waals surface area contributed by atoms with Gasteiger partial charge >= 0.3 is 17.9 Å². The van der Waals surface area contributed by atoms with Crippen LogP contribution in [0.1, 0.15) is 61.3 Å². The zero-order chi connectivity index (χ0) is 28.7. The third-order valence-corrected chi connectivity index (χ3v) is 3.58. The van der Waals surface area contributed by atoms with Crippen molar-refractivity contribution in [3.8, 4) is 0 Å². The first kappa shape index (κ1) is 39.0. The summed E-state index contributed by atoms with van der Waals surface area (Å²) in [5, 5.41) is 0. The Morgan fingerprint density at radius 1 is 0.568 bits per heavy atom. The predicted octanol–water partition coefficient (Wildman–Crippen LogP) is 4.53. The quantitative estimate of drug-likeness (QED) is 0.108. The molecule has 0 aromatic rings. The number of ether oxygens (including phenoxy) is 7. The standard InChI is InChI=1S/C11H20O4.C8H12O4.C8H16O2/c1-4-13-11(14-5-2)8-6-7-9-15-10(3)12;1-7(9)11-5-3-4-6-12-8(2)10;1-4-7-8(9-5-2)10-6-3/h6-7,11H,4-5,8-9H2,1-3H3;3-4H,5-6H2,1-2H3;4,8H,1,5-7H2,2-3H3/b7-6+;4-3-;. The molecule has 0 fully saturated rings. The highest BCUT2D eigenvalue weighted by Gasteiger charge is 2.04. The zero-order valence-corrected chi connectivity index (χ0v) is 23.7. The van der Waals surface area contributed by atoms with E-state index in [0.717, 1.165) is 6.42 Å². The lowest BCUT2D eigenvalue weighted by atomic mass is 10.3. The Labute approximate surface area is 222 Å². The van der Waals surface area contributed by atoms with E-state index in [9.17, 15) is 14.4 Å². The van der Waals surface area contributed by atoms with Crippen LogP contribution in [0, 0.1) is 0 Å². The van der Waals surface area contributed by atoms with E-state index in [1.807, 2.05) is 33.8 Å². The van der Waals surface area contributed by atoms with Gasteiger partial charge in [-0.25, -0.2) is 0 Å². The predicted molar refractivity (Wildman–Crippen MR) is 142 cm³/mol. The average Bonchev–Trinajstić information content (AvgIpc) is 2.82. The minimum atomic E-state index is -0.327. The SMILES string of the molecule is C=CCC(OCC)OCC.CC(=O)OC/C=C\COC(C)=O.CCOC(C/C=C/COC(C)=O)OCC. The molecule has 0 unspecified atom stereocenters. The van der Waals surface area contributed by atoms with Gasteiger partial charge in [-0.3, -0.25) is 14.4 Å². The molecule has 0 aromatic heterocycles. The summed E-state index contributed by atoms with van der Waals surface area (Å²) in [5.41, 5.74) is 0. The fourth-order valence-electron chi connectivity index (χ4n) is 2.16. The fraction of sp³-hybridized carbons (Fsp3) is 0.667. The summed E-state index contributed by atoms with van der Waals surface area (Å²) in [5.74, 6) is -0.926. The summed E-state index contributed by atoms with van der Waals surface area (Å²) >= 11 is 0. The van der Waals surface area contributed by atoms with Crippen LogP contribution in [0.25, 0.3) is 0 Å². The van der Waals surface area contributed by atoms with E-state index in [2.05, 4.69) is 16.1 Å². The van der Waals surface area contributed by atoms with Gasteiger partial charge in [-0.05, 0) is 39.8 Å². The summed E-state index contributed by atoms with van der Waals surface area (Å²) < 4.78 is 35.0. The molecule has 0 aromatic carbocycles. The topological polar surface area (TPSA) is 116 Å².